The number of hydrogen-bond donors (Lipinski definition) is 1. The van der Waals surface area contributed by atoms with E-state index in [1.54, 1.807) is 0 Å². The Hall–Kier alpha value is -2.99. The van der Waals surface area contributed by atoms with Crippen molar-refractivity contribution in [3.63, 3.8) is 0 Å². The van der Waals surface area contributed by atoms with E-state index < -0.39 is 0 Å². The van der Waals surface area contributed by atoms with Gasteiger partial charge in [0, 0.05) is 12.8 Å². The lowest BCUT2D eigenvalue weighted by molar-refractivity contribution is 0.430. The van der Waals surface area contributed by atoms with Crippen LogP contribution in [-0.2, 0) is 0 Å². The molecule has 0 bridgehead atoms. The number of benzene rings is 2. The van der Waals surface area contributed by atoms with Crippen LogP contribution >= 0.6 is 12.2 Å². The number of rotatable bonds is 8. The van der Waals surface area contributed by atoms with Crippen molar-refractivity contribution in [1.82, 2.24) is 9.13 Å². The lowest BCUT2D eigenvalue weighted by Crippen LogP contribution is -2.27. The molecule has 6 heteroatoms. The lowest BCUT2D eigenvalue weighted by atomic mass is 10.2. The molecule has 1 aromatic heterocycles. The molecule has 0 saturated carbocycles. The van der Waals surface area contributed by atoms with Gasteiger partial charge in [-0.1, -0.05) is 61.6 Å². The molecule has 0 amide bonds. The smallest absolute Gasteiger partial charge is 0.271 e. The van der Waals surface area contributed by atoms with E-state index in [0.717, 1.165) is 30.4 Å². The van der Waals surface area contributed by atoms with Crippen LogP contribution in [0.5, 0.6) is 5.88 Å². The fourth-order valence-corrected chi connectivity index (χ4v) is 3.74. The Kier molecular flexibility index (Phi) is 7.58. The number of aromatic hydroxyl groups is 1. The third-order valence-corrected chi connectivity index (χ3v) is 5.58. The van der Waals surface area contributed by atoms with E-state index in [2.05, 4.69) is 11.9 Å². The van der Waals surface area contributed by atoms with Crippen LogP contribution in [0.4, 0.5) is 0 Å². The zero-order valence-corrected chi connectivity index (χ0v) is 19.2. The first kappa shape index (κ1) is 22.7. The van der Waals surface area contributed by atoms with Gasteiger partial charge in [0.15, 0.2) is 4.77 Å². The van der Waals surface area contributed by atoms with E-state index in [9.17, 15) is 9.90 Å². The fourth-order valence-electron chi connectivity index (χ4n) is 3.36. The Morgan fingerprint density at radius 2 is 1.45 bits per heavy atom. The summed E-state index contributed by atoms with van der Waals surface area (Å²) in [7, 11) is 0. The minimum absolute atomic E-state index is 0.130. The molecule has 0 atom stereocenters. The highest BCUT2D eigenvalue weighted by Crippen LogP contribution is 2.22. The third-order valence-electron chi connectivity index (χ3n) is 5.21. The first-order chi connectivity index (χ1) is 14.9. The largest absolute Gasteiger partial charge is 0.494 e. The number of aromatic nitrogens is 2. The van der Waals surface area contributed by atoms with E-state index in [4.69, 9.17) is 12.2 Å². The maximum atomic E-state index is 13.3. The van der Waals surface area contributed by atoms with E-state index in [1.165, 1.54) is 21.8 Å². The molecule has 31 heavy (non-hydrogen) atoms. The highest BCUT2D eigenvalue weighted by atomic mass is 32.1. The first-order valence-corrected chi connectivity index (χ1v) is 11.1. The Morgan fingerprint density at radius 3 is 2.00 bits per heavy atom. The summed E-state index contributed by atoms with van der Waals surface area (Å²) in [5, 5.41) is 11.0. The van der Waals surface area contributed by atoms with Gasteiger partial charge in [-0.2, -0.15) is 0 Å². The molecule has 0 aliphatic rings. The van der Waals surface area contributed by atoms with E-state index in [-0.39, 0.29) is 21.8 Å². The van der Waals surface area contributed by atoms with Gasteiger partial charge in [-0.05, 0) is 56.8 Å². The number of aliphatic imine (C=N–C) groups is 1. The summed E-state index contributed by atoms with van der Waals surface area (Å²) in [6.07, 6.45) is 5.85. The molecule has 0 radical (unpaired) electrons. The molecular formula is C25H29N3O2S. The molecule has 3 rings (SSSR count). The quantitative estimate of drug-likeness (QED) is 0.281. The van der Waals surface area contributed by atoms with Crippen LogP contribution in [0.2, 0.25) is 0 Å². The van der Waals surface area contributed by atoms with Crippen LogP contribution < -0.4 is 5.56 Å². The molecule has 0 aliphatic heterocycles. The van der Waals surface area contributed by atoms with Crippen molar-refractivity contribution in [2.75, 3.05) is 6.54 Å². The fraction of sp³-hybridized carbons (Fsp3) is 0.320. The van der Waals surface area contributed by atoms with Gasteiger partial charge in [-0.15, -0.1) is 0 Å². The monoisotopic (exact) mass is 435 g/mol. The summed E-state index contributed by atoms with van der Waals surface area (Å²) < 4.78 is 3.18. The summed E-state index contributed by atoms with van der Waals surface area (Å²) in [6.45, 7) is 6.76. The lowest BCUT2D eigenvalue weighted by Gasteiger charge is -2.16. The Balaban J connectivity index is 2.16. The van der Waals surface area contributed by atoms with Crippen LogP contribution in [0.3, 0.4) is 0 Å². The molecule has 1 heterocycles. The summed E-state index contributed by atoms with van der Waals surface area (Å²) >= 11 is 5.66. The summed E-state index contributed by atoms with van der Waals surface area (Å²) in [4.78, 5) is 17.7. The standard InChI is InChI=1S/C25H29N3O2S/c1-4-5-6-7-16-26-17-22-23(29)27(20-12-8-18(2)9-13-20)25(31)28(24(22)30)21-14-10-19(3)11-15-21/h8-15,17,29H,4-7,16H2,1-3H3. The van der Waals surface area contributed by atoms with Crippen molar-refractivity contribution in [2.45, 2.75) is 46.5 Å². The van der Waals surface area contributed by atoms with E-state index in [0.29, 0.717) is 17.9 Å². The molecule has 0 saturated heterocycles. The van der Waals surface area contributed by atoms with Gasteiger partial charge >= 0.3 is 0 Å². The van der Waals surface area contributed by atoms with Gasteiger partial charge in [0.2, 0.25) is 5.88 Å². The SMILES string of the molecule is CCCCCCN=Cc1c(O)n(-c2ccc(C)cc2)c(=S)n(-c2ccc(C)cc2)c1=O. The maximum Gasteiger partial charge on any atom is 0.271 e. The second kappa shape index (κ2) is 10.4. The van der Waals surface area contributed by atoms with Gasteiger partial charge in [0.05, 0.1) is 11.4 Å². The number of hydrogen-bond acceptors (Lipinski definition) is 4. The predicted molar refractivity (Wildman–Crippen MR) is 130 cm³/mol. The summed E-state index contributed by atoms with van der Waals surface area (Å²) in [5.41, 5.74) is 3.26. The zero-order chi connectivity index (χ0) is 22.4. The minimum atomic E-state index is -0.382. The second-order valence-corrected chi connectivity index (χ2v) is 8.13. The molecule has 0 unspecified atom stereocenters. The van der Waals surface area contributed by atoms with Gasteiger partial charge < -0.3 is 5.11 Å². The van der Waals surface area contributed by atoms with Crippen LogP contribution in [0.15, 0.2) is 58.3 Å². The highest BCUT2D eigenvalue weighted by Gasteiger charge is 2.18. The summed E-state index contributed by atoms with van der Waals surface area (Å²) in [5.74, 6) is -0.195. The molecule has 1 N–H and O–H groups in total. The van der Waals surface area contributed by atoms with Crippen molar-refractivity contribution >= 4 is 18.4 Å². The van der Waals surface area contributed by atoms with Crippen molar-refractivity contribution in [1.29, 1.82) is 0 Å². The third kappa shape index (κ3) is 5.20. The van der Waals surface area contributed by atoms with Crippen molar-refractivity contribution in [3.05, 3.63) is 80.3 Å². The summed E-state index contributed by atoms with van der Waals surface area (Å²) in [6, 6.07) is 15.2. The molecule has 2 aromatic carbocycles. The molecule has 3 aromatic rings. The van der Waals surface area contributed by atoms with Gasteiger partial charge in [-0.25, -0.2) is 0 Å². The topological polar surface area (TPSA) is 59.5 Å². The van der Waals surface area contributed by atoms with Crippen LogP contribution in [0, 0.1) is 18.6 Å². The molecular weight excluding hydrogens is 406 g/mol. The van der Waals surface area contributed by atoms with E-state index in [1.807, 2.05) is 62.4 Å². The minimum Gasteiger partial charge on any atom is -0.494 e. The number of nitrogens with zero attached hydrogens (tertiary/aromatic N) is 3. The molecule has 0 fully saturated rings. The maximum absolute atomic E-state index is 13.3. The molecule has 5 nitrogen and oxygen atoms in total. The van der Waals surface area contributed by atoms with Crippen LogP contribution in [-0.4, -0.2) is 27.0 Å². The van der Waals surface area contributed by atoms with Crippen molar-refractivity contribution in [3.8, 4) is 17.3 Å². The average molecular weight is 436 g/mol. The zero-order valence-electron chi connectivity index (χ0n) is 18.3. The van der Waals surface area contributed by atoms with E-state index >= 15 is 0 Å². The molecule has 0 aliphatic carbocycles. The van der Waals surface area contributed by atoms with Gasteiger partial charge in [0.1, 0.15) is 5.56 Å². The molecule has 162 valence electrons. The predicted octanol–water partition coefficient (Wildman–Crippen LogP) is 5.68. The van der Waals surface area contributed by atoms with Gasteiger partial charge in [0.25, 0.3) is 5.56 Å². The molecule has 0 spiro atoms. The first-order valence-electron chi connectivity index (χ1n) is 10.7. The van der Waals surface area contributed by atoms with Crippen LogP contribution in [0.25, 0.3) is 11.4 Å². The average Bonchev–Trinajstić information content (AvgIpc) is 2.75. The Morgan fingerprint density at radius 1 is 0.903 bits per heavy atom. The highest BCUT2D eigenvalue weighted by molar-refractivity contribution is 7.71. The number of unbranched alkanes of at least 4 members (excludes halogenated alkanes) is 3. The normalized spacial score (nSPS) is 11.3. The second-order valence-electron chi connectivity index (χ2n) is 7.76. The Labute approximate surface area is 188 Å². The Bertz CT molecular complexity index is 1170. The van der Waals surface area contributed by atoms with Gasteiger partial charge in [-0.3, -0.25) is 18.9 Å². The van der Waals surface area contributed by atoms with Crippen molar-refractivity contribution in [2.24, 2.45) is 4.99 Å². The van der Waals surface area contributed by atoms with Crippen molar-refractivity contribution < 1.29 is 5.11 Å². The number of aryl methyl sites for hydroxylation is 2. The van der Waals surface area contributed by atoms with Crippen LogP contribution in [0.1, 0.15) is 49.3 Å².